The maximum absolute atomic E-state index is 11.9. The molecule has 0 aromatic carbocycles. The molecule has 1 unspecified atom stereocenters. The van der Waals surface area contributed by atoms with Crippen LogP contribution in [-0.2, 0) is 16.6 Å². The molecule has 1 aromatic heterocycles. The molecule has 1 aliphatic carbocycles. The maximum Gasteiger partial charge on any atom is 0.227 e. The second-order valence-electron chi connectivity index (χ2n) is 5.06. The van der Waals surface area contributed by atoms with Gasteiger partial charge in [-0.2, -0.15) is 5.10 Å². The molecule has 1 saturated carbocycles. The second kappa shape index (κ2) is 4.12. The molecular formula is C12H16N4O2. The van der Waals surface area contributed by atoms with Crippen molar-refractivity contribution in [3.05, 3.63) is 12.4 Å². The third-order valence-corrected chi connectivity index (χ3v) is 3.42. The van der Waals surface area contributed by atoms with Gasteiger partial charge in [0.25, 0.3) is 0 Å². The number of nitrogens with one attached hydrogen (secondary N) is 1. The smallest absolute Gasteiger partial charge is 0.227 e. The van der Waals surface area contributed by atoms with E-state index in [0.717, 1.165) is 18.5 Å². The van der Waals surface area contributed by atoms with Crippen LogP contribution in [0.5, 0.6) is 0 Å². The summed E-state index contributed by atoms with van der Waals surface area (Å²) in [5.74, 6) is -0.213. The molecule has 1 atom stereocenters. The van der Waals surface area contributed by atoms with E-state index in [0.29, 0.717) is 19.0 Å². The van der Waals surface area contributed by atoms with Gasteiger partial charge in [-0.25, -0.2) is 0 Å². The summed E-state index contributed by atoms with van der Waals surface area (Å²) in [6.45, 7) is 0.461. The molecule has 0 radical (unpaired) electrons. The van der Waals surface area contributed by atoms with E-state index < -0.39 is 0 Å². The van der Waals surface area contributed by atoms with Crippen LogP contribution in [0.2, 0.25) is 0 Å². The van der Waals surface area contributed by atoms with E-state index in [1.165, 1.54) is 0 Å². The van der Waals surface area contributed by atoms with Gasteiger partial charge in [0.2, 0.25) is 11.8 Å². The van der Waals surface area contributed by atoms with Crippen molar-refractivity contribution >= 4 is 17.5 Å². The molecule has 2 heterocycles. The summed E-state index contributed by atoms with van der Waals surface area (Å²) in [4.78, 5) is 25.5. The topological polar surface area (TPSA) is 67.2 Å². The zero-order chi connectivity index (χ0) is 12.7. The average molecular weight is 248 g/mol. The van der Waals surface area contributed by atoms with Gasteiger partial charge < -0.3 is 10.2 Å². The molecule has 6 heteroatoms. The highest BCUT2D eigenvalue weighted by Gasteiger charge is 2.37. The quantitative estimate of drug-likeness (QED) is 0.822. The van der Waals surface area contributed by atoms with Gasteiger partial charge in [0, 0.05) is 32.3 Å². The summed E-state index contributed by atoms with van der Waals surface area (Å²) in [7, 11) is 1.81. The van der Waals surface area contributed by atoms with E-state index in [2.05, 4.69) is 10.4 Å². The molecule has 0 bridgehead atoms. The molecule has 18 heavy (non-hydrogen) atoms. The van der Waals surface area contributed by atoms with Crippen molar-refractivity contribution in [2.24, 2.45) is 13.0 Å². The third kappa shape index (κ3) is 2.10. The first-order valence-corrected chi connectivity index (χ1v) is 6.23. The number of aromatic nitrogens is 2. The lowest BCUT2D eigenvalue weighted by Gasteiger charge is -2.14. The van der Waals surface area contributed by atoms with Crippen molar-refractivity contribution in [3.8, 4) is 0 Å². The van der Waals surface area contributed by atoms with E-state index in [9.17, 15) is 9.59 Å². The van der Waals surface area contributed by atoms with Crippen LogP contribution < -0.4 is 10.2 Å². The Labute approximate surface area is 105 Å². The van der Waals surface area contributed by atoms with Crippen molar-refractivity contribution < 1.29 is 9.59 Å². The van der Waals surface area contributed by atoms with Crippen molar-refractivity contribution in [2.75, 3.05) is 11.4 Å². The summed E-state index contributed by atoms with van der Waals surface area (Å²) in [6.07, 6.45) is 5.88. The summed E-state index contributed by atoms with van der Waals surface area (Å²) in [6, 6.07) is 0.347. The van der Waals surface area contributed by atoms with Crippen LogP contribution >= 0.6 is 0 Å². The molecule has 1 aromatic rings. The van der Waals surface area contributed by atoms with Crippen LogP contribution in [0.15, 0.2) is 12.4 Å². The third-order valence-electron chi connectivity index (χ3n) is 3.42. The Morgan fingerprint density at radius 3 is 2.89 bits per heavy atom. The van der Waals surface area contributed by atoms with E-state index in [4.69, 9.17) is 0 Å². The number of anilines is 1. The fourth-order valence-electron chi connectivity index (χ4n) is 2.23. The summed E-state index contributed by atoms with van der Waals surface area (Å²) in [5, 5.41) is 7.00. The fourth-order valence-corrected chi connectivity index (χ4v) is 2.23. The lowest BCUT2D eigenvalue weighted by atomic mass is 10.1. The zero-order valence-corrected chi connectivity index (χ0v) is 10.3. The SMILES string of the molecule is Cn1cc(N2CC(C(=O)NC3CC3)CC2=O)cn1. The van der Waals surface area contributed by atoms with Crippen molar-refractivity contribution in [1.29, 1.82) is 0 Å². The molecule has 2 aliphatic rings. The molecular weight excluding hydrogens is 232 g/mol. The highest BCUT2D eigenvalue weighted by atomic mass is 16.2. The van der Waals surface area contributed by atoms with Crippen molar-refractivity contribution in [2.45, 2.75) is 25.3 Å². The Hall–Kier alpha value is -1.85. The van der Waals surface area contributed by atoms with Gasteiger partial charge in [-0.05, 0) is 12.8 Å². The number of hydrogen-bond donors (Lipinski definition) is 1. The van der Waals surface area contributed by atoms with Crippen molar-refractivity contribution in [3.63, 3.8) is 0 Å². The van der Waals surface area contributed by atoms with Crippen LogP contribution in [-0.4, -0.2) is 34.2 Å². The number of hydrogen-bond acceptors (Lipinski definition) is 3. The highest BCUT2D eigenvalue weighted by molar-refractivity contribution is 6.00. The second-order valence-corrected chi connectivity index (χ2v) is 5.06. The summed E-state index contributed by atoms with van der Waals surface area (Å²) >= 11 is 0. The lowest BCUT2D eigenvalue weighted by molar-refractivity contribution is -0.126. The minimum Gasteiger partial charge on any atom is -0.353 e. The number of amides is 2. The number of carbonyl (C=O) groups is 2. The van der Waals surface area contributed by atoms with Gasteiger partial charge in [0.05, 0.1) is 17.8 Å². The van der Waals surface area contributed by atoms with E-state index >= 15 is 0 Å². The van der Waals surface area contributed by atoms with Gasteiger partial charge in [0.15, 0.2) is 0 Å². The van der Waals surface area contributed by atoms with Gasteiger partial charge in [0.1, 0.15) is 0 Å². The highest BCUT2D eigenvalue weighted by Crippen LogP contribution is 2.26. The molecule has 1 saturated heterocycles. The van der Waals surface area contributed by atoms with Crippen LogP contribution in [0.3, 0.4) is 0 Å². The maximum atomic E-state index is 11.9. The Morgan fingerprint density at radius 2 is 2.28 bits per heavy atom. The Morgan fingerprint density at radius 1 is 1.50 bits per heavy atom. The van der Waals surface area contributed by atoms with Gasteiger partial charge in [-0.3, -0.25) is 14.3 Å². The largest absolute Gasteiger partial charge is 0.353 e. The molecule has 96 valence electrons. The lowest BCUT2D eigenvalue weighted by Crippen LogP contribution is -2.34. The average Bonchev–Trinajstić information content (AvgIpc) is 2.89. The first-order chi connectivity index (χ1) is 8.63. The first kappa shape index (κ1) is 11.3. The Bertz CT molecular complexity index is 492. The number of nitrogens with zero attached hydrogens (tertiary/aromatic N) is 3. The monoisotopic (exact) mass is 248 g/mol. The standard InChI is InChI=1S/C12H16N4O2/c1-15-7-10(5-13-15)16-6-8(4-11(16)17)12(18)14-9-2-3-9/h5,7-9H,2-4,6H2,1H3,(H,14,18). The number of rotatable bonds is 3. The zero-order valence-electron chi connectivity index (χ0n) is 10.3. The van der Waals surface area contributed by atoms with Gasteiger partial charge in [-0.1, -0.05) is 0 Å². The van der Waals surface area contributed by atoms with E-state index in [-0.39, 0.29) is 17.7 Å². The van der Waals surface area contributed by atoms with Gasteiger partial charge in [-0.15, -0.1) is 0 Å². The van der Waals surface area contributed by atoms with Crippen molar-refractivity contribution in [1.82, 2.24) is 15.1 Å². The number of aryl methyl sites for hydroxylation is 1. The predicted molar refractivity (Wildman–Crippen MR) is 64.8 cm³/mol. The molecule has 3 rings (SSSR count). The van der Waals surface area contributed by atoms with E-state index in [1.807, 2.05) is 0 Å². The molecule has 1 aliphatic heterocycles. The number of carbonyl (C=O) groups excluding carboxylic acids is 2. The van der Waals surface area contributed by atoms with Crippen LogP contribution in [0, 0.1) is 5.92 Å². The minimum absolute atomic E-state index is 0.000975. The van der Waals surface area contributed by atoms with Crippen LogP contribution in [0.4, 0.5) is 5.69 Å². The molecule has 6 nitrogen and oxygen atoms in total. The Kier molecular flexibility index (Phi) is 2.57. The summed E-state index contributed by atoms with van der Waals surface area (Å²) < 4.78 is 1.65. The molecule has 2 fully saturated rings. The molecule has 2 amide bonds. The molecule has 1 N–H and O–H groups in total. The molecule has 0 spiro atoms. The Balaban J connectivity index is 1.67. The van der Waals surface area contributed by atoms with Crippen LogP contribution in [0.1, 0.15) is 19.3 Å². The fraction of sp³-hybridized carbons (Fsp3) is 0.583. The minimum atomic E-state index is -0.224. The van der Waals surface area contributed by atoms with Crippen LogP contribution in [0.25, 0.3) is 0 Å². The first-order valence-electron chi connectivity index (χ1n) is 6.23. The van der Waals surface area contributed by atoms with Gasteiger partial charge >= 0.3 is 0 Å². The normalized spacial score (nSPS) is 23.5. The predicted octanol–water partition coefficient (Wildman–Crippen LogP) is 0.0516. The summed E-state index contributed by atoms with van der Waals surface area (Å²) in [5.41, 5.74) is 0.768. The van der Waals surface area contributed by atoms with E-state index in [1.54, 1.807) is 29.0 Å².